The van der Waals surface area contributed by atoms with Crippen molar-refractivity contribution in [2.45, 2.75) is 66.1 Å². The van der Waals surface area contributed by atoms with Crippen molar-refractivity contribution in [1.29, 1.82) is 0 Å². The highest BCUT2D eigenvalue weighted by molar-refractivity contribution is 7.53. The maximum atomic E-state index is 13.2. The Morgan fingerprint density at radius 3 is 2.27 bits per heavy atom. The molecule has 2 N–H and O–H groups in total. The minimum atomic E-state index is -3.19. The summed E-state index contributed by atoms with van der Waals surface area (Å²) in [7, 11) is -3.19. The number of amides is 1. The van der Waals surface area contributed by atoms with E-state index in [4.69, 9.17) is 13.8 Å². The fourth-order valence-corrected chi connectivity index (χ4v) is 5.81. The highest BCUT2D eigenvalue weighted by Crippen LogP contribution is 2.51. The first-order chi connectivity index (χ1) is 15.5. The Bertz CT molecular complexity index is 1070. The van der Waals surface area contributed by atoms with Gasteiger partial charge in [0.2, 0.25) is 0 Å². The first-order valence-electron chi connectivity index (χ1n) is 11.3. The number of benzene rings is 2. The molecule has 0 bridgehead atoms. The number of carbonyl (C=O) groups is 1. The molecular formula is C25H34NO6P. The third-order valence-corrected chi connectivity index (χ3v) is 8.30. The van der Waals surface area contributed by atoms with E-state index in [-0.39, 0.29) is 12.1 Å². The van der Waals surface area contributed by atoms with E-state index in [0.717, 1.165) is 27.8 Å². The number of fused-ring (bicyclic) bond motifs is 1. The normalized spacial score (nSPS) is 17.9. The number of hydrogen-bond acceptors (Lipinski definition) is 6. The first-order valence-corrected chi connectivity index (χ1v) is 13.1. The van der Waals surface area contributed by atoms with Crippen molar-refractivity contribution in [3.8, 4) is 11.5 Å². The molecule has 0 radical (unpaired) electrons. The first kappa shape index (κ1) is 25.3. The van der Waals surface area contributed by atoms with Crippen molar-refractivity contribution >= 4 is 19.2 Å². The van der Waals surface area contributed by atoms with Crippen molar-refractivity contribution in [2.75, 3.05) is 18.5 Å². The molecule has 2 aromatic carbocycles. The van der Waals surface area contributed by atoms with Gasteiger partial charge >= 0.3 is 7.60 Å². The fourth-order valence-electron chi connectivity index (χ4n) is 4.11. The van der Waals surface area contributed by atoms with E-state index in [1.165, 1.54) is 0 Å². The third-order valence-electron chi connectivity index (χ3n) is 6.24. The van der Waals surface area contributed by atoms with E-state index in [1.54, 1.807) is 45.0 Å². The van der Waals surface area contributed by atoms with Crippen LogP contribution in [0.2, 0.25) is 0 Å². The molecule has 1 amide bonds. The van der Waals surface area contributed by atoms with E-state index in [2.05, 4.69) is 5.32 Å². The van der Waals surface area contributed by atoms with E-state index < -0.39 is 13.2 Å². The molecule has 0 fully saturated rings. The highest BCUT2D eigenvalue weighted by Gasteiger charge is 2.41. The summed E-state index contributed by atoms with van der Waals surface area (Å²) in [5, 5.41) is 13.3. The summed E-state index contributed by atoms with van der Waals surface area (Å²) in [4.78, 5) is 13.2. The van der Waals surface area contributed by atoms with Crippen molar-refractivity contribution < 1.29 is 28.3 Å². The Labute approximate surface area is 196 Å². The van der Waals surface area contributed by atoms with Gasteiger partial charge in [0.1, 0.15) is 11.5 Å². The van der Waals surface area contributed by atoms with Crippen LogP contribution in [0, 0.1) is 20.8 Å². The van der Waals surface area contributed by atoms with Crippen molar-refractivity contribution in [2.24, 2.45) is 0 Å². The van der Waals surface area contributed by atoms with Gasteiger partial charge in [0.15, 0.2) is 5.60 Å². The number of nitrogens with one attached hydrogen (secondary N) is 1. The number of ether oxygens (including phenoxy) is 1. The molecule has 33 heavy (non-hydrogen) atoms. The van der Waals surface area contributed by atoms with Crippen LogP contribution in [0.15, 0.2) is 24.3 Å². The third kappa shape index (κ3) is 5.26. The molecule has 180 valence electrons. The second kappa shape index (κ2) is 9.88. The molecule has 0 aliphatic carbocycles. The molecule has 0 spiro atoms. The lowest BCUT2D eigenvalue weighted by atomic mass is 9.86. The summed E-state index contributed by atoms with van der Waals surface area (Å²) < 4.78 is 29.7. The van der Waals surface area contributed by atoms with Crippen molar-refractivity contribution in [3.63, 3.8) is 0 Å². The van der Waals surface area contributed by atoms with Crippen LogP contribution in [0.1, 0.15) is 55.0 Å². The largest absolute Gasteiger partial charge is 0.507 e. The molecule has 1 heterocycles. The summed E-state index contributed by atoms with van der Waals surface area (Å²) in [6, 6.07) is 7.15. The number of rotatable bonds is 8. The van der Waals surface area contributed by atoms with Crippen molar-refractivity contribution in [1.82, 2.24) is 0 Å². The van der Waals surface area contributed by atoms with Gasteiger partial charge in [-0.05, 0) is 82.3 Å². The highest BCUT2D eigenvalue weighted by atomic mass is 31.2. The van der Waals surface area contributed by atoms with Gasteiger partial charge in [0.25, 0.3) is 5.91 Å². The molecule has 8 heteroatoms. The van der Waals surface area contributed by atoms with E-state index in [1.807, 2.05) is 20.8 Å². The molecule has 3 rings (SSSR count). The number of anilines is 1. The SMILES string of the molecule is CCOP(=O)(Cc1ccc(NC(=O)C2(C)CCc3c(C)c(O)c(C)c(C)c3O2)cc1)OCC. The zero-order chi connectivity index (χ0) is 24.4. The molecule has 0 saturated heterocycles. The monoisotopic (exact) mass is 475 g/mol. The van der Waals surface area contributed by atoms with Gasteiger partial charge in [-0.1, -0.05) is 12.1 Å². The maximum absolute atomic E-state index is 13.2. The van der Waals surface area contributed by atoms with Gasteiger partial charge in [0.05, 0.1) is 19.4 Å². The minimum Gasteiger partial charge on any atom is -0.507 e. The van der Waals surface area contributed by atoms with Crippen LogP contribution in [0.25, 0.3) is 0 Å². The summed E-state index contributed by atoms with van der Waals surface area (Å²) in [6.45, 7) is 11.6. The van der Waals surface area contributed by atoms with Gasteiger partial charge in [-0.2, -0.15) is 0 Å². The molecule has 2 aromatic rings. The number of hydrogen-bond donors (Lipinski definition) is 2. The topological polar surface area (TPSA) is 94.1 Å². The van der Waals surface area contributed by atoms with Crippen LogP contribution in [0.3, 0.4) is 0 Å². The Balaban J connectivity index is 1.74. The summed E-state index contributed by atoms with van der Waals surface area (Å²) >= 11 is 0. The minimum absolute atomic E-state index is 0.172. The zero-order valence-corrected chi connectivity index (χ0v) is 21.2. The van der Waals surface area contributed by atoms with Gasteiger partial charge in [-0.25, -0.2) is 0 Å². The Morgan fingerprint density at radius 2 is 1.70 bits per heavy atom. The van der Waals surface area contributed by atoms with E-state index in [0.29, 0.717) is 43.2 Å². The Kier molecular flexibility index (Phi) is 7.57. The molecule has 1 atom stereocenters. The van der Waals surface area contributed by atoms with Crippen LogP contribution in [0.4, 0.5) is 5.69 Å². The van der Waals surface area contributed by atoms with Crippen LogP contribution in [-0.4, -0.2) is 29.8 Å². The number of carbonyl (C=O) groups excluding carboxylic acids is 1. The molecule has 7 nitrogen and oxygen atoms in total. The molecule has 1 unspecified atom stereocenters. The van der Waals surface area contributed by atoms with E-state index in [9.17, 15) is 14.5 Å². The van der Waals surface area contributed by atoms with Gasteiger partial charge < -0.3 is 24.2 Å². The second-order valence-corrected chi connectivity index (χ2v) is 10.7. The lowest BCUT2D eigenvalue weighted by Crippen LogP contribution is -2.48. The zero-order valence-electron chi connectivity index (χ0n) is 20.3. The molecular weight excluding hydrogens is 441 g/mol. The number of aromatic hydroxyl groups is 1. The van der Waals surface area contributed by atoms with Crippen LogP contribution < -0.4 is 10.1 Å². The van der Waals surface area contributed by atoms with Crippen LogP contribution in [0.5, 0.6) is 11.5 Å². The maximum Gasteiger partial charge on any atom is 0.335 e. The summed E-state index contributed by atoms with van der Waals surface area (Å²) in [5.41, 5.74) is 3.77. The predicted molar refractivity (Wildman–Crippen MR) is 129 cm³/mol. The van der Waals surface area contributed by atoms with E-state index >= 15 is 0 Å². The molecule has 0 saturated carbocycles. The molecule has 0 aromatic heterocycles. The van der Waals surface area contributed by atoms with Crippen LogP contribution in [-0.2, 0) is 31.0 Å². The Hall–Kier alpha value is -2.34. The average molecular weight is 476 g/mol. The lowest BCUT2D eigenvalue weighted by molar-refractivity contribution is -0.131. The lowest BCUT2D eigenvalue weighted by Gasteiger charge is -2.36. The average Bonchev–Trinajstić information content (AvgIpc) is 2.77. The smallest absolute Gasteiger partial charge is 0.335 e. The summed E-state index contributed by atoms with van der Waals surface area (Å²) in [5.74, 6) is 0.740. The number of phenolic OH excluding ortho intramolecular Hbond substituents is 1. The van der Waals surface area contributed by atoms with Gasteiger partial charge in [-0.3, -0.25) is 9.36 Å². The quantitative estimate of drug-likeness (QED) is 0.468. The second-order valence-electron chi connectivity index (χ2n) is 8.62. The summed E-state index contributed by atoms with van der Waals surface area (Å²) in [6.07, 6.45) is 1.31. The predicted octanol–water partition coefficient (Wildman–Crippen LogP) is 5.81. The molecule has 1 aliphatic rings. The Morgan fingerprint density at radius 1 is 1.09 bits per heavy atom. The number of phenols is 1. The fraction of sp³-hybridized carbons (Fsp3) is 0.480. The van der Waals surface area contributed by atoms with Crippen molar-refractivity contribution in [3.05, 3.63) is 52.1 Å². The van der Waals surface area contributed by atoms with Gasteiger partial charge in [0, 0.05) is 17.7 Å². The standard InChI is InChI=1S/C25H34NO6P/c1-7-30-33(29,31-8-2)15-19-9-11-20(12-10-19)26-24(28)25(6)14-13-21-18(5)22(27)16(3)17(4)23(21)32-25/h9-12,27H,7-8,13-15H2,1-6H3,(H,26,28). The van der Waals surface area contributed by atoms with Gasteiger partial charge in [-0.15, -0.1) is 0 Å². The van der Waals surface area contributed by atoms with Crippen LogP contribution >= 0.6 is 7.60 Å². The molecule has 1 aliphatic heterocycles.